The van der Waals surface area contributed by atoms with Crippen LogP contribution in [0.3, 0.4) is 0 Å². The van der Waals surface area contributed by atoms with Crippen molar-refractivity contribution in [2.24, 2.45) is 0 Å². The van der Waals surface area contributed by atoms with E-state index in [1.165, 1.54) is 11.1 Å². The van der Waals surface area contributed by atoms with Gasteiger partial charge in [0.1, 0.15) is 0 Å². The Bertz CT molecular complexity index is 545. The molecule has 0 bridgehead atoms. The van der Waals surface area contributed by atoms with Crippen molar-refractivity contribution in [1.29, 1.82) is 0 Å². The molecule has 0 aliphatic heterocycles. The Kier molecular flexibility index (Phi) is 3.05. The summed E-state index contributed by atoms with van der Waals surface area (Å²) in [6.07, 6.45) is 0. The molecule has 0 aromatic heterocycles. The van der Waals surface area contributed by atoms with Crippen LogP contribution < -0.4 is 11.1 Å². The molecule has 0 aliphatic rings. The second-order valence-corrected chi connectivity index (χ2v) is 4.44. The fraction of sp³-hybridized carbons (Fsp3) is 0.200. The maximum atomic E-state index is 5.90. The first-order valence-electron chi connectivity index (χ1n) is 5.77. The summed E-state index contributed by atoms with van der Waals surface area (Å²) < 4.78 is 0. The highest BCUT2D eigenvalue weighted by Crippen LogP contribution is 2.24. The summed E-state index contributed by atoms with van der Waals surface area (Å²) in [6, 6.07) is 12.3. The fourth-order valence-corrected chi connectivity index (χ4v) is 1.76. The Morgan fingerprint density at radius 3 is 2.41 bits per heavy atom. The molecule has 0 amide bonds. The average Bonchev–Trinajstić information content (AvgIpc) is 2.30. The molecular formula is C15H18N2. The summed E-state index contributed by atoms with van der Waals surface area (Å²) in [5, 5.41) is 3.40. The Morgan fingerprint density at radius 1 is 0.941 bits per heavy atom. The van der Waals surface area contributed by atoms with E-state index in [0.29, 0.717) is 0 Å². The lowest BCUT2D eigenvalue weighted by molar-refractivity contribution is 1.33. The standard InChI is InChI=1S/C15H18N2/c1-10-5-4-6-15(12(10)3)17-13-8-7-11(2)14(16)9-13/h4-9,17H,16H2,1-3H3. The third kappa shape index (κ3) is 2.41. The van der Waals surface area contributed by atoms with Crippen molar-refractivity contribution < 1.29 is 0 Å². The summed E-state index contributed by atoms with van der Waals surface area (Å²) in [5.41, 5.74) is 12.5. The van der Waals surface area contributed by atoms with Crippen LogP contribution in [0.15, 0.2) is 36.4 Å². The van der Waals surface area contributed by atoms with Crippen LogP contribution in [0.5, 0.6) is 0 Å². The highest BCUT2D eigenvalue weighted by molar-refractivity contribution is 5.68. The highest BCUT2D eigenvalue weighted by atomic mass is 14.9. The van der Waals surface area contributed by atoms with E-state index in [1.807, 2.05) is 25.1 Å². The van der Waals surface area contributed by atoms with Gasteiger partial charge in [-0.2, -0.15) is 0 Å². The minimum Gasteiger partial charge on any atom is -0.398 e. The third-order valence-electron chi connectivity index (χ3n) is 3.16. The van der Waals surface area contributed by atoms with Crippen molar-refractivity contribution in [3.63, 3.8) is 0 Å². The fourth-order valence-electron chi connectivity index (χ4n) is 1.76. The van der Waals surface area contributed by atoms with Gasteiger partial charge in [0.25, 0.3) is 0 Å². The number of aryl methyl sites for hydroxylation is 2. The molecular weight excluding hydrogens is 208 g/mol. The van der Waals surface area contributed by atoms with E-state index in [2.05, 4.69) is 37.4 Å². The molecule has 3 N–H and O–H groups in total. The topological polar surface area (TPSA) is 38.0 Å². The monoisotopic (exact) mass is 226 g/mol. The van der Waals surface area contributed by atoms with Crippen molar-refractivity contribution in [2.75, 3.05) is 11.1 Å². The number of hydrogen-bond donors (Lipinski definition) is 2. The first-order valence-corrected chi connectivity index (χ1v) is 5.77. The lowest BCUT2D eigenvalue weighted by atomic mass is 10.1. The SMILES string of the molecule is Cc1ccc(Nc2cccc(C)c2C)cc1N. The Hall–Kier alpha value is -1.96. The van der Waals surface area contributed by atoms with E-state index >= 15 is 0 Å². The van der Waals surface area contributed by atoms with Gasteiger partial charge in [-0.1, -0.05) is 18.2 Å². The number of anilines is 3. The van der Waals surface area contributed by atoms with E-state index in [1.54, 1.807) is 0 Å². The van der Waals surface area contributed by atoms with Gasteiger partial charge in [0.15, 0.2) is 0 Å². The van der Waals surface area contributed by atoms with E-state index in [-0.39, 0.29) is 0 Å². The molecule has 2 nitrogen and oxygen atoms in total. The maximum Gasteiger partial charge on any atom is 0.0416 e. The van der Waals surface area contributed by atoms with Crippen molar-refractivity contribution >= 4 is 17.1 Å². The molecule has 0 spiro atoms. The van der Waals surface area contributed by atoms with E-state index in [9.17, 15) is 0 Å². The van der Waals surface area contributed by atoms with Crippen LogP contribution in [-0.2, 0) is 0 Å². The average molecular weight is 226 g/mol. The number of nitrogens with one attached hydrogen (secondary N) is 1. The van der Waals surface area contributed by atoms with E-state index in [4.69, 9.17) is 5.73 Å². The smallest absolute Gasteiger partial charge is 0.0416 e. The van der Waals surface area contributed by atoms with Crippen LogP contribution in [0, 0.1) is 20.8 Å². The van der Waals surface area contributed by atoms with Gasteiger partial charge in [0.05, 0.1) is 0 Å². The Labute approximate surface area is 102 Å². The molecule has 0 unspecified atom stereocenters. The third-order valence-corrected chi connectivity index (χ3v) is 3.16. The lowest BCUT2D eigenvalue weighted by Gasteiger charge is -2.12. The van der Waals surface area contributed by atoms with Gasteiger partial charge in [-0.05, 0) is 55.7 Å². The minimum absolute atomic E-state index is 0.820. The molecule has 17 heavy (non-hydrogen) atoms. The molecule has 2 heteroatoms. The van der Waals surface area contributed by atoms with Crippen LogP contribution >= 0.6 is 0 Å². The molecule has 2 rings (SSSR count). The van der Waals surface area contributed by atoms with Gasteiger partial charge in [-0.25, -0.2) is 0 Å². The zero-order valence-corrected chi connectivity index (χ0v) is 10.5. The summed E-state index contributed by atoms with van der Waals surface area (Å²) in [7, 11) is 0. The van der Waals surface area contributed by atoms with Crippen LogP contribution in [-0.4, -0.2) is 0 Å². The first-order chi connectivity index (χ1) is 8.08. The van der Waals surface area contributed by atoms with Crippen LogP contribution in [0.4, 0.5) is 17.1 Å². The zero-order valence-electron chi connectivity index (χ0n) is 10.5. The molecule has 0 fully saturated rings. The number of benzene rings is 2. The zero-order chi connectivity index (χ0) is 12.4. The minimum atomic E-state index is 0.820. The van der Waals surface area contributed by atoms with Crippen molar-refractivity contribution in [1.82, 2.24) is 0 Å². The predicted molar refractivity (Wildman–Crippen MR) is 74.8 cm³/mol. The Morgan fingerprint density at radius 2 is 1.71 bits per heavy atom. The molecule has 0 saturated heterocycles. The summed E-state index contributed by atoms with van der Waals surface area (Å²) in [4.78, 5) is 0. The number of rotatable bonds is 2. The lowest BCUT2D eigenvalue weighted by Crippen LogP contribution is -1.96. The first kappa shape index (κ1) is 11.5. The van der Waals surface area contributed by atoms with Gasteiger partial charge in [-0.15, -0.1) is 0 Å². The second-order valence-electron chi connectivity index (χ2n) is 4.44. The van der Waals surface area contributed by atoms with Gasteiger partial charge >= 0.3 is 0 Å². The molecule has 0 heterocycles. The second kappa shape index (κ2) is 4.50. The van der Waals surface area contributed by atoms with Gasteiger partial charge < -0.3 is 11.1 Å². The summed E-state index contributed by atoms with van der Waals surface area (Å²) in [6.45, 7) is 6.25. The molecule has 2 aromatic carbocycles. The number of nitrogen functional groups attached to an aromatic ring is 1. The highest BCUT2D eigenvalue weighted by Gasteiger charge is 2.02. The summed E-state index contributed by atoms with van der Waals surface area (Å²) in [5.74, 6) is 0. The van der Waals surface area contributed by atoms with Crippen LogP contribution in [0.1, 0.15) is 16.7 Å². The normalized spacial score (nSPS) is 10.3. The van der Waals surface area contributed by atoms with Crippen molar-refractivity contribution in [3.8, 4) is 0 Å². The Balaban J connectivity index is 2.31. The predicted octanol–water partition coefficient (Wildman–Crippen LogP) is 3.94. The molecule has 2 aromatic rings. The van der Waals surface area contributed by atoms with Gasteiger partial charge in [-0.3, -0.25) is 0 Å². The largest absolute Gasteiger partial charge is 0.398 e. The molecule has 0 atom stereocenters. The number of hydrogen-bond acceptors (Lipinski definition) is 2. The van der Waals surface area contributed by atoms with E-state index < -0.39 is 0 Å². The molecule has 0 aliphatic carbocycles. The van der Waals surface area contributed by atoms with Crippen molar-refractivity contribution in [3.05, 3.63) is 53.1 Å². The molecule has 88 valence electrons. The molecule has 0 radical (unpaired) electrons. The van der Waals surface area contributed by atoms with Gasteiger partial charge in [0.2, 0.25) is 0 Å². The quantitative estimate of drug-likeness (QED) is 0.761. The molecule has 0 saturated carbocycles. The maximum absolute atomic E-state index is 5.90. The van der Waals surface area contributed by atoms with Crippen LogP contribution in [0.2, 0.25) is 0 Å². The van der Waals surface area contributed by atoms with Gasteiger partial charge in [0, 0.05) is 17.1 Å². The van der Waals surface area contributed by atoms with E-state index in [0.717, 1.165) is 22.6 Å². The van der Waals surface area contributed by atoms with Crippen molar-refractivity contribution in [2.45, 2.75) is 20.8 Å². The van der Waals surface area contributed by atoms with Crippen LogP contribution in [0.25, 0.3) is 0 Å². The summed E-state index contributed by atoms with van der Waals surface area (Å²) >= 11 is 0. The number of nitrogens with two attached hydrogens (primary N) is 1.